The van der Waals surface area contributed by atoms with Crippen molar-refractivity contribution in [2.24, 2.45) is 7.05 Å². The molecule has 0 bridgehead atoms. The zero-order chi connectivity index (χ0) is 10.7. The van der Waals surface area contributed by atoms with Gasteiger partial charge in [-0.1, -0.05) is 0 Å². The van der Waals surface area contributed by atoms with Crippen molar-refractivity contribution in [2.45, 2.75) is 13.8 Å². The van der Waals surface area contributed by atoms with Gasteiger partial charge in [-0.2, -0.15) is 5.10 Å². The number of aromatic nitrogens is 2. The van der Waals surface area contributed by atoms with E-state index >= 15 is 0 Å². The number of esters is 1. The molecule has 74 valence electrons. The van der Waals surface area contributed by atoms with E-state index in [0.29, 0.717) is 23.6 Å². The summed E-state index contributed by atoms with van der Waals surface area (Å²) < 4.78 is 6.33. The van der Waals surface area contributed by atoms with Crippen LogP contribution in [0.2, 0.25) is 0 Å². The minimum absolute atomic E-state index is 0.342. The van der Waals surface area contributed by atoms with Gasteiger partial charge in [0.1, 0.15) is 11.4 Å². The van der Waals surface area contributed by atoms with E-state index < -0.39 is 0 Å². The Kier molecular flexibility index (Phi) is 2.92. The predicted octanol–water partition coefficient (Wildman–Crippen LogP) is 0.887. The highest BCUT2D eigenvalue weighted by molar-refractivity contribution is 5.89. The van der Waals surface area contributed by atoms with Gasteiger partial charge in [0.25, 0.3) is 0 Å². The monoisotopic (exact) mass is 192 g/mol. The molecule has 0 aliphatic rings. The molecular formula is C10H12N2O2. The summed E-state index contributed by atoms with van der Waals surface area (Å²) in [5.74, 6) is 2.03. The molecule has 4 nitrogen and oxygen atoms in total. The van der Waals surface area contributed by atoms with E-state index in [2.05, 4.69) is 11.0 Å². The van der Waals surface area contributed by atoms with E-state index in [9.17, 15) is 4.79 Å². The number of aryl methyl sites for hydroxylation is 1. The first-order chi connectivity index (χ1) is 6.61. The Morgan fingerprint density at radius 3 is 2.79 bits per heavy atom. The van der Waals surface area contributed by atoms with Gasteiger partial charge in [0, 0.05) is 12.6 Å². The number of nitrogens with zero attached hydrogens (tertiary/aromatic N) is 2. The van der Waals surface area contributed by atoms with Crippen LogP contribution in [0.4, 0.5) is 0 Å². The van der Waals surface area contributed by atoms with Crippen molar-refractivity contribution in [3.8, 4) is 12.3 Å². The molecule has 0 aliphatic carbocycles. The van der Waals surface area contributed by atoms with Crippen LogP contribution in [-0.2, 0) is 11.8 Å². The van der Waals surface area contributed by atoms with Gasteiger partial charge in [0.05, 0.1) is 6.61 Å². The summed E-state index contributed by atoms with van der Waals surface area (Å²) in [6, 6.07) is 0. The maximum absolute atomic E-state index is 11.5. The number of hydrogen-bond acceptors (Lipinski definition) is 3. The summed E-state index contributed by atoms with van der Waals surface area (Å²) in [6.45, 7) is 3.86. The van der Waals surface area contributed by atoms with Crippen molar-refractivity contribution in [2.75, 3.05) is 6.61 Å². The lowest BCUT2D eigenvalue weighted by molar-refractivity contribution is 0.0513. The molecule has 1 aromatic rings. The van der Waals surface area contributed by atoms with Crippen molar-refractivity contribution in [1.29, 1.82) is 0 Å². The Hall–Kier alpha value is -1.76. The SMILES string of the molecule is C#Cc1nn(C)c(C(=O)OCC)c1C. The van der Waals surface area contributed by atoms with Gasteiger partial charge in [0.2, 0.25) is 0 Å². The maximum Gasteiger partial charge on any atom is 0.356 e. The lowest BCUT2D eigenvalue weighted by Crippen LogP contribution is -2.11. The zero-order valence-corrected chi connectivity index (χ0v) is 8.50. The molecule has 0 saturated heterocycles. The van der Waals surface area contributed by atoms with Crippen LogP contribution in [0.15, 0.2) is 0 Å². The summed E-state index contributed by atoms with van der Waals surface area (Å²) >= 11 is 0. The second-order valence-electron chi connectivity index (χ2n) is 2.81. The van der Waals surface area contributed by atoms with E-state index in [-0.39, 0.29) is 5.97 Å². The van der Waals surface area contributed by atoms with Crippen LogP contribution in [0.3, 0.4) is 0 Å². The van der Waals surface area contributed by atoms with Crippen LogP contribution in [0, 0.1) is 19.3 Å². The highest BCUT2D eigenvalue weighted by Crippen LogP contribution is 2.12. The smallest absolute Gasteiger partial charge is 0.356 e. The average Bonchev–Trinajstić information content (AvgIpc) is 2.41. The summed E-state index contributed by atoms with van der Waals surface area (Å²) in [6.07, 6.45) is 5.23. The van der Waals surface area contributed by atoms with Crippen LogP contribution < -0.4 is 0 Å². The standard InChI is InChI=1S/C10H12N2O2/c1-5-8-7(3)9(12(4)11-8)10(13)14-6-2/h1H,6H2,2-4H3. The molecule has 1 heterocycles. The van der Waals surface area contributed by atoms with Gasteiger partial charge in [-0.15, -0.1) is 6.42 Å². The number of hydrogen-bond donors (Lipinski definition) is 0. The second-order valence-corrected chi connectivity index (χ2v) is 2.81. The summed E-state index contributed by atoms with van der Waals surface area (Å²) in [5.41, 5.74) is 1.59. The van der Waals surface area contributed by atoms with Gasteiger partial charge < -0.3 is 4.74 Å². The molecule has 0 aromatic carbocycles. The van der Waals surface area contributed by atoms with Crippen LogP contribution in [0.25, 0.3) is 0 Å². The Morgan fingerprint density at radius 1 is 1.71 bits per heavy atom. The molecule has 0 amide bonds. The quantitative estimate of drug-likeness (QED) is 0.516. The third-order valence-electron chi connectivity index (χ3n) is 1.89. The molecule has 0 aliphatic heterocycles. The minimum Gasteiger partial charge on any atom is -0.461 e. The first kappa shape index (κ1) is 10.3. The lowest BCUT2D eigenvalue weighted by Gasteiger charge is -2.02. The zero-order valence-electron chi connectivity index (χ0n) is 8.50. The molecule has 0 atom stereocenters. The van der Waals surface area contributed by atoms with Gasteiger partial charge in [-0.3, -0.25) is 4.68 Å². The molecule has 1 rings (SSSR count). The lowest BCUT2D eigenvalue weighted by atomic mass is 10.2. The molecule has 0 saturated carbocycles. The molecule has 0 spiro atoms. The Labute approximate surface area is 82.9 Å². The first-order valence-electron chi connectivity index (χ1n) is 4.29. The fourth-order valence-corrected chi connectivity index (χ4v) is 1.25. The molecule has 4 heteroatoms. The van der Waals surface area contributed by atoms with Crippen molar-refractivity contribution in [3.05, 3.63) is 17.0 Å². The first-order valence-corrected chi connectivity index (χ1v) is 4.29. The van der Waals surface area contributed by atoms with Crippen molar-refractivity contribution < 1.29 is 9.53 Å². The maximum atomic E-state index is 11.5. The van der Waals surface area contributed by atoms with E-state index in [0.717, 1.165) is 0 Å². The predicted molar refractivity (Wildman–Crippen MR) is 51.8 cm³/mol. The van der Waals surface area contributed by atoms with Crippen LogP contribution in [0.5, 0.6) is 0 Å². The Balaban J connectivity index is 3.15. The Morgan fingerprint density at radius 2 is 2.36 bits per heavy atom. The highest BCUT2D eigenvalue weighted by Gasteiger charge is 2.18. The fraction of sp³-hybridized carbons (Fsp3) is 0.400. The van der Waals surface area contributed by atoms with Crippen LogP contribution in [-0.4, -0.2) is 22.4 Å². The molecule has 1 aromatic heterocycles. The normalized spacial score (nSPS) is 9.57. The Bertz CT molecular complexity index is 399. The third-order valence-corrected chi connectivity index (χ3v) is 1.89. The van der Waals surface area contributed by atoms with Gasteiger partial charge >= 0.3 is 5.97 Å². The number of carbonyl (C=O) groups excluding carboxylic acids is 1. The average molecular weight is 192 g/mol. The minimum atomic E-state index is -0.387. The molecule has 0 N–H and O–H groups in total. The van der Waals surface area contributed by atoms with Crippen molar-refractivity contribution >= 4 is 5.97 Å². The van der Waals surface area contributed by atoms with E-state index in [4.69, 9.17) is 11.2 Å². The van der Waals surface area contributed by atoms with Crippen LogP contribution >= 0.6 is 0 Å². The fourth-order valence-electron chi connectivity index (χ4n) is 1.25. The molecule has 0 radical (unpaired) electrons. The molecule has 0 fully saturated rings. The number of terminal acetylenes is 1. The summed E-state index contributed by atoms with van der Waals surface area (Å²) in [5, 5.41) is 4.01. The highest BCUT2D eigenvalue weighted by atomic mass is 16.5. The molecular weight excluding hydrogens is 180 g/mol. The van der Waals surface area contributed by atoms with Crippen LogP contribution in [0.1, 0.15) is 28.7 Å². The van der Waals surface area contributed by atoms with Crippen molar-refractivity contribution in [3.63, 3.8) is 0 Å². The van der Waals surface area contributed by atoms with E-state index in [1.54, 1.807) is 20.9 Å². The largest absolute Gasteiger partial charge is 0.461 e. The summed E-state index contributed by atoms with van der Waals surface area (Å²) in [7, 11) is 1.67. The van der Waals surface area contributed by atoms with Crippen molar-refractivity contribution in [1.82, 2.24) is 9.78 Å². The number of carbonyl (C=O) groups is 1. The molecule has 0 unspecified atom stereocenters. The van der Waals surface area contributed by atoms with Gasteiger partial charge in [-0.25, -0.2) is 4.79 Å². The van der Waals surface area contributed by atoms with E-state index in [1.165, 1.54) is 4.68 Å². The van der Waals surface area contributed by atoms with E-state index in [1.807, 2.05) is 0 Å². The van der Waals surface area contributed by atoms with Gasteiger partial charge in [-0.05, 0) is 19.8 Å². The summed E-state index contributed by atoms with van der Waals surface area (Å²) in [4.78, 5) is 11.5. The topological polar surface area (TPSA) is 44.1 Å². The number of rotatable bonds is 2. The molecule has 14 heavy (non-hydrogen) atoms. The van der Waals surface area contributed by atoms with Gasteiger partial charge in [0.15, 0.2) is 0 Å². The second kappa shape index (κ2) is 3.97. The third kappa shape index (κ3) is 1.62. The number of ether oxygens (including phenoxy) is 1.